The lowest BCUT2D eigenvalue weighted by Crippen LogP contribution is -2.24. The van der Waals surface area contributed by atoms with Crippen LogP contribution in [0.3, 0.4) is 0 Å². The predicted molar refractivity (Wildman–Crippen MR) is 79.7 cm³/mol. The Hall–Kier alpha value is -1.09. The van der Waals surface area contributed by atoms with Crippen molar-refractivity contribution < 1.29 is 0 Å². The number of nitrogens with zero attached hydrogens (tertiary/aromatic N) is 1. The average molecular weight is 250 g/mol. The molecule has 0 fully saturated rings. The van der Waals surface area contributed by atoms with Crippen LogP contribution >= 0.6 is 12.2 Å². The zero-order valence-electron chi connectivity index (χ0n) is 10.9. The van der Waals surface area contributed by atoms with Crippen molar-refractivity contribution in [3.63, 3.8) is 0 Å². The minimum atomic E-state index is 0.458. The van der Waals surface area contributed by atoms with Crippen molar-refractivity contribution in [2.75, 3.05) is 18.5 Å². The molecule has 2 nitrogen and oxygen atoms in total. The molecule has 17 heavy (non-hydrogen) atoms. The van der Waals surface area contributed by atoms with E-state index < -0.39 is 0 Å². The summed E-state index contributed by atoms with van der Waals surface area (Å²) in [6.45, 7) is 5.59. The lowest BCUT2D eigenvalue weighted by molar-refractivity contribution is 0.494. The van der Waals surface area contributed by atoms with E-state index in [0.717, 1.165) is 18.0 Å². The van der Waals surface area contributed by atoms with E-state index in [2.05, 4.69) is 37.9 Å². The van der Waals surface area contributed by atoms with Crippen molar-refractivity contribution in [1.82, 2.24) is 0 Å². The monoisotopic (exact) mass is 250 g/mol. The van der Waals surface area contributed by atoms with Crippen molar-refractivity contribution in [1.29, 1.82) is 0 Å². The molecule has 0 saturated heterocycles. The Bertz CT molecular complexity index is 355. The highest BCUT2D eigenvalue weighted by atomic mass is 32.1. The minimum Gasteiger partial charge on any atom is -0.389 e. The van der Waals surface area contributed by atoms with Crippen LogP contribution in [0.15, 0.2) is 24.3 Å². The molecule has 94 valence electrons. The second-order valence-electron chi connectivity index (χ2n) is 4.47. The van der Waals surface area contributed by atoms with Crippen molar-refractivity contribution >= 4 is 22.9 Å². The van der Waals surface area contributed by atoms with Gasteiger partial charge in [0.25, 0.3) is 0 Å². The van der Waals surface area contributed by atoms with Gasteiger partial charge in [-0.1, -0.05) is 38.9 Å². The molecule has 0 spiro atoms. The number of hydrogen-bond acceptors (Lipinski definition) is 2. The van der Waals surface area contributed by atoms with Crippen LogP contribution in [0.4, 0.5) is 5.69 Å². The van der Waals surface area contributed by atoms with Crippen molar-refractivity contribution in [3.8, 4) is 0 Å². The van der Waals surface area contributed by atoms with Gasteiger partial charge in [0.15, 0.2) is 0 Å². The fourth-order valence-corrected chi connectivity index (χ4v) is 2.06. The summed E-state index contributed by atoms with van der Waals surface area (Å²) in [5.74, 6) is 0.760. The average Bonchev–Trinajstić information content (AvgIpc) is 2.35. The molecule has 0 atom stereocenters. The van der Waals surface area contributed by atoms with Gasteiger partial charge in [0, 0.05) is 24.8 Å². The van der Waals surface area contributed by atoms with Gasteiger partial charge in [0.05, 0.1) is 0 Å². The molecule has 0 unspecified atom stereocenters. The van der Waals surface area contributed by atoms with E-state index in [1.165, 1.54) is 18.5 Å². The first-order chi connectivity index (χ1) is 8.08. The topological polar surface area (TPSA) is 29.3 Å². The Morgan fingerprint density at radius 2 is 1.76 bits per heavy atom. The van der Waals surface area contributed by atoms with Crippen LogP contribution < -0.4 is 10.6 Å². The highest BCUT2D eigenvalue weighted by molar-refractivity contribution is 7.80. The Kier molecular flexibility index (Phi) is 5.42. The molecule has 0 aliphatic rings. The third-order valence-corrected chi connectivity index (χ3v) is 3.52. The quantitative estimate of drug-likeness (QED) is 0.786. The Morgan fingerprint density at radius 1 is 1.24 bits per heavy atom. The lowest BCUT2D eigenvalue weighted by Gasteiger charge is -2.24. The largest absolute Gasteiger partial charge is 0.389 e. The third-order valence-electron chi connectivity index (χ3n) is 3.28. The first-order valence-electron chi connectivity index (χ1n) is 6.19. The van der Waals surface area contributed by atoms with E-state index in [4.69, 9.17) is 18.0 Å². The molecular formula is C14H22N2S. The molecule has 0 aliphatic carbocycles. The maximum absolute atomic E-state index is 5.58. The van der Waals surface area contributed by atoms with Crippen LogP contribution in [-0.4, -0.2) is 18.6 Å². The molecule has 0 aliphatic heterocycles. The van der Waals surface area contributed by atoms with Crippen LogP contribution in [0.2, 0.25) is 0 Å². The molecule has 0 radical (unpaired) electrons. The van der Waals surface area contributed by atoms with E-state index in [-0.39, 0.29) is 0 Å². The van der Waals surface area contributed by atoms with Crippen LogP contribution in [0, 0.1) is 5.92 Å². The SMILES string of the molecule is CCC(CC)CN(C)c1ccc(C(N)=S)cc1. The summed E-state index contributed by atoms with van der Waals surface area (Å²) in [5, 5.41) is 0. The Labute approximate surface area is 110 Å². The van der Waals surface area contributed by atoms with E-state index >= 15 is 0 Å². The highest BCUT2D eigenvalue weighted by Crippen LogP contribution is 2.17. The van der Waals surface area contributed by atoms with Gasteiger partial charge in [0.1, 0.15) is 4.99 Å². The normalized spacial score (nSPS) is 10.6. The summed E-state index contributed by atoms with van der Waals surface area (Å²) >= 11 is 4.94. The number of anilines is 1. The predicted octanol–water partition coefficient (Wildman–Crippen LogP) is 3.19. The number of hydrogen-bond donors (Lipinski definition) is 1. The molecule has 0 bridgehead atoms. The van der Waals surface area contributed by atoms with E-state index in [9.17, 15) is 0 Å². The summed E-state index contributed by atoms with van der Waals surface area (Å²) in [6, 6.07) is 8.13. The van der Waals surface area contributed by atoms with Crippen molar-refractivity contribution in [3.05, 3.63) is 29.8 Å². The maximum Gasteiger partial charge on any atom is 0.103 e. The molecule has 1 rings (SSSR count). The smallest absolute Gasteiger partial charge is 0.103 e. The van der Waals surface area contributed by atoms with Gasteiger partial charge in [-0.15, -0.1) is 0 Å². The summed E-state index contributed by atoms with van der Waals surface area (Å²) in [6.07, 6.45) is 2.46. The molecule has 0 amide bonds. The Morgan fingerprint density at radius 3 is 2.18 bits per heavy atom. The van der Waals surface area contributed by atoms with E-state index in [1.54, 1.807) is 0 Å². The fraction of sp³-hybridized carbons (Fsp3) is 0.500. The first kappa shape index (κ1) is 14.0. The summed E-state index contributed by atoms with van der Waals surface area (Å²) in [7, 11) is 2.13. The molecule has 1 aromatic rings. The number of nitrogens with two attached hydrogens (primary N) is 1. The van der Waals surface area contributed by atoms with Crippen molar-refractivity contribution in [2.45, 2.75) is 26.7 Å². The minimum absolute atomic E-state index is 0.458. The van der Waals surface area contributed by atoms with Crippen LogP contribution in [0.25, 0.3) is 0 Å². The van der Waals surface area contributed by atoms with Crippen LogP contribution in [0.5, 0.6) is 0 Å². The zero-order chi connectivity index (χ0) is 12.8. The molecule has 0 saturated carbocycles. The maximum atomic E-state index is 5.58. The zero-order valence-corrected chi connectivity index (χ0v) is 11.8. The molecule has 1 aromatic carbocycles. The highest BCUT2D eigenvalue weighted by Gasteiger charge is 2.08. The summed E-state index contributed by atoms with van der Waals surface area (Å²) < 4.78 is 0. The van der Waals surface area contributed by atoms with Gasteiger partial charge in [-0.3, -0.25) is 0 Å². The van der Waals surface area contributed by atoms with E-state index in [1.807, 2.05) is 12.1 Å². The van der Waals surface area contributed by atoms with Crippen LogP contribution in [-0.2, 0) is 0 Å². The van der Waals surface area contributed by atoms with Gasteiger partial charge in [-0.05, 0) is 30.2 Å². The van der Waals surface area contributed by atoms with Gasteiger partial charge in [0.2, 0.25) is 0 Å². The molecule has 0 heterocycles. The number of rotatable bonds is 6. The van der Waals surface area contributed by atoms with Gasteiger partial charge < -0.3 is 10.6 Å². The fourth-order valence-electron chi connectivity index (χ4n) is 1.92. The molecule has 0 aromatic heterocycles. The number of benzene rings is 1. The molecular weight excluding hydrogens is 228 g/mol. The third kappa shape index (κ3) is 4.00. The lowest BCUT2D eigenvalue weighted by atomic mass is 10.0. The van der Waals surface area contributed by atoms with Gasteiger partial charge >= 0.3 is 0 Å². The second-order valence-corrected chi connectivity index (χ2v) is 4.91. The van der Waals surface area contributed by atoms with Gasteiger partial charge in [-0.25, -0.2) is 0 Å². The summed E-state index contributed by atoms with van der Waals surface area (Å²) in [4.78, 5) is 2.75. The van der Waals surface area contributed by atoms with Crippen molar-refractivity contribution in [2.24, 2.45) is 11.7 Å². The molecule has 2 N–H and O–H groups in total. The standard InChI is InChI=1S/C14H22N2S/c1-4-11(5-2)10-16(3)13-8-6-12(7-9-13)14(15)17/h6-9,11H,4-5,10H2,1-3H3,(H2,15,17). The Balaban J connectivity index is 2.69. The van der Waals surface area contributed by atoms with Gasteiger partial charge in [-0.2, -0.15) is 0 Å². The van der Waals surface area contributed by atoms with E-state index in [0.29, 0.717) is 4.99 Å². The molecule has 3 heteroatoms. The second kappa shape index (κ2) is 6.60. The number of thiocarbonyl (C=S) groups is 1. The summed E-state index contributed by atoms with van der Waals surface area (Å²) in [5.41, 5.74) is 7.73. The first-order valence-corrected chi connectivity index (χ1v) is 6.60. The van der Waals surface area contributed by atoms with Crippen LogP contribution in [0.1, 0.15) is 32.3 Å².